The topological polar surface area (TPSA) is 45.9 Å². The van der Waals surface area contributed by atoms with Crippen molar-refractivity contribution in [1.82, 2.24) is 4.98 Å². The third kappa shape index (κ3) is 3.14. The van der Waals surface area contributed by atoms with Crippen molar-refractivity contribution in [2.45, 2.75) is 12.6 Å². The van der Waals surface area contributed by atoms with E-state index in [1.165, 1.54) is 25.6 Å². The fourth-order valence-electron chi connectivity index (χ4n) is 2.02. The van der Waals surface area contributed by atoms with Gasteiger partial charge in [0.25, 0.3) is 0 Å². The maximum absolute atomic E-state index is 12.8. The third-order valence-electron chi connectivity index (χ3n) is 2.99. The van der Waals surface area contributed by atoms with E-state index in [0.29, 0.717) is 22.4 Å². The van der Waals surface area contributed by atoms with Crippen molar-refractivity contribution in [3.63, 3.8) is 0 Å². The Morgan fingerprint density at radius 2 is 2.05 bits per heavy atom. The standard InChI is InChI=1S/C15H11F3N2O/c1-21-14-9-20-8-13(12(14)5-6-19)10-3-2-4-11(7-10)15(16,17)18/h2-4,7-9H,5H2,1H3. The molecule has 1 heterocycles. The number of nitrogens with zero attached hydrogens (tertiary/aromatic N) is 2. The molecule has 1 aromatic carbocycles. The zero-order valence-corrected chi connectivity index (χ0v) is 11.1. The Morgan fingerprint density at radius 3 is 2.67 bits per heavy atom. The summed E-state index contributed by atoms with van der Waals surface area (Å²) in [6, 6.07) is 6.90. The van der Waals surface area contributed by atoms with Crippen molar-refractivity contribution in [2.75, 3.05) is 7.11 Å². The lowest BCUT2D eigenvalue weighted by atomic mass is 9.98. The summed E-state index contributed by atoms with van der Waals surface area (Å²) in [4.78, 5) is 3.95. The average Bonchev–Trinajstić information content (AvgIpc) is 2.47. The van der Waals surface area contributed by atoms with Crippen molar-refractivity contribution in [3.05, 3.63) is 47.8 Å². The summed E-state index contributed by atoms with van der Waals surface area (Å²) < 4.78 is 43.5. The van der Waals surface area contributed by atoms with Gasteiger partial charge in [-0.25, -0.2) is 0 Å². The Labute approximate surface area is 119 Å². The second-order valence-corrected chi connectivity index (χ2v) is 4.28. The van der Waals surface area contributed by atoms with Gasteiger partial charge in [0.2, 0.25) is 0 Å². The van der Waals surface area contributed by atoms with Crippen LogP contribution in [0.1, 0.15) is 11.1 Å². The number of halogens is 3. The first-order chi connectivity index (χ1) is 9.97. The van der Waals surface area contributed by atoms with Crippen molar-refractivity contribution >= 4 is 0 Å². The minimum Gasteiger partial charge on any atom is -0.495 e. The molecular formula is C15H11F3N2O. The summed E-state index contributed by atoms with van der Waals surface area (Å²) in [6.07, 6.45) is -1.52. The zero-order valence-electron chi connectivity index (χ0n) is 11.1. The van der Waals surface area contributed by atoms with Crippen molar-refractivity contribution < 1.29 is 17.9 Å². The van der Waals surface area contributed by atoms with Gasteiger partial charge in [-0.3, -0.25) is 4.98 Å². The molecule has 0 N–H and O–H groups in total. The Kier molecular flexibility index (Phi) is 4.13. The number of pyridine rings is 1. The molecule has 21 heavy (non-hydrogen) atoms. The molecule has 2 rings (SSSR count). The number of methoxy groups -OCH3 is 1. The van der Waals surface area contributed by atoms with Gasteiger partial charge in [0.05, 0.1) is 31.4 Å². The minimum atomic E-state index is -4.42. The molecule has 0 saturated carbocycles. The molecule has 0 aliphatic heterocycles. The number of alkyl halides is 3. The molecule has 0 saturated heterocycles. The van der Waals surface area contributed by atoms with Crippen LogP contribution in [0.15, 0.2) is 36.7 Å². The molecule has 2 aromatic rings. The average molecular weight is 292 g/mol. The van der Waals surface area contributed by atoms with Crippen LogP contribution in [-0.2, 0) is 12.6 Å². The number of rotatable bonds is 3. The fraction of sp³-hybridized carbons (Fsp3) is 0.200. The molecule has 0 amide bonds. The summed E-state index contributed by atoms with van der Waals surface area (Å²) in [5.74, 6) is 0.381. The van der Waals surface area contributed by atoms with Crippen LogP contribution in [0.5, 0.6) is 5.75 Å². The third-order valence-corrected chi connectivity index (χ3v) is 2.99. The van der Waals surface area contributed by atoms with Gasteiger partial charge in [-0.2, -0.15) is 18.4 Å². The van der Waals surface area contributed by atoms with Crippen LogP contribution in [0.25, 0.3) is 11.1 Å². The summed E-state index contributed by atoms with van der Waals surface area (Å²) in [6.45, 7) is 0. The van der Waals surface area contributed by atoms with E-state index in [9.17, 15) is 13.2 Å². The molecule has 6 heteroatoms. The van der Waals surface area contributed by atoms with E-state index in [1.54, 1.807) is 6.07 Å². The summed E-state index contributed by atoms with van der Waals surface area (Å²) in [7, 11) is 1.42. The van der Waals surface area contributed by atoms with E-state index in [0.717, 1.165) is 12.1 Å². The lowest BCUT2D eigenvalue weighted by Gasteiger charge is -2.13. The molecule has 0 fully saturated rings. The fourth-order valence-corrected chi connectivity index (χ4v) is 2.02. The van der Waals surface area contributed by atoms with Gasteiger partial charge in [0.1, 0.15) is 5.75 Å². The minimum absolute atomic E-state index is 0.0251. The molecule has 3 nitrogen and oxygen atoms in total. The first kappa shape index (κ1) is 14.9. The van der Waals surface area contributed by atoms with Crippen LogP contribution in [-0.4, -0.2) is 12.1 Å². The Balaban J connectivity index is 2.60. The van der Waals surface area contributed by atoms with Gasteiger partial charge < -0.3 is 4.74 Å². The van der Waals surface area contributed by atoms with Gasteiger partial charge in [-0.1, -0.05) is 12.1 Å². The number of benzene rings is 1. The Hall–Kier alpha value is -2.55. The highest BCUT2D eigenvalue weighted by atomic mass is 19.4. The molecule has 0 unspecified atom stereocenters. The lowest BCUT2D eigenvalue weighted by Crippen LogP contribution is -2.05. The molecule has 108 valence electrons. The van der Waals surface area contributed by atoms with Crippen LogP contribution in [0.4, 0.5) is 13.2 Å². The van der Waals surface area contributed by atoms with Gasteiger partial charge in [-0.05, 0) is 17.7 Å². The monoisotopic (exact) mass is 292 g/mol. The summed E-state index contributed by atoms with van der Waals surface area (Å²) >= 11 is 0. The quantitative estimate of drug-likeness (QED) is 0.863. The van der Waals surface area contributed by atoms with E-state index in [-0.39, 0.29) is 6.42 Å². The second-order valence-electron chi connectivity index (χ2n) is 4.28. The van der Waals surface area contributed by atoms with E-state index in [4.69, 9.17) is 10.00 Å². The van der Waals surface area contributed by atoms with E-state index < -0.39 is 11.7 Å². The van der Waals surface area contributed by atoms with Gasteiger partial charge in [0, 0.05) is 17.3 Å². The first-order valence-corrected chi connectivity index (χ1v) is 6.03. The van der Waals surface area contributed by atoms with Crippen LogP contribution >= 0.6 is 0 Å². The van der Waals surface area contributed by atoms with Crippen LogP contribution in [0, 0.1) is 11.3 Å². The molecule has 0 bridgehead atoms. The molecule has 0 spiro atoms. The Morgan fingerprint density at radius 1 is 1.29 bits per heavy atom. The number of hydrogen-bond acceptors (Lipinski definition) is 3. The second kappa shape index (κ2) is 5.83. The highest BCUT2D eigenvalue weighted by Gasteiger charge is 2.30. The first-order valence-electron chi connectivity index (χ1n) is 6.03. The highest BCUT2D eigenvalue weighted by molar-refractivity contribution is 5.70. The van der Waals surface area contributed by atoms with Crippen molar-refractivity contribution in [1.29, 1.82) is 5.26 Å². The zero-order chi connectivity index (χ0) is 15.5. The highest BCUT2D eigenvalue weighted by Crippen LogP contribution is 2.34. The largest absolute Gasteiger partial charge is 0.495 e. The van der Waals surface area contributed by atoms with Crippen LogP contribution in [0.2, 0.25) is 0 Å². The Bertz CT molecular complexity index is 690. The number of ether oxygens (including phenoxy) is 1. The molecular weight excluding hydrogens is 281 g/mol. The SMILES string of the molecule is COc1cncc(-c2cccc(C(F)(F)F)c2)c1CC#N. The van der Waals surface area contributed by atoms with Gasteiger partial charge >= 0.3 is 6.18 Å². The molecule has 0 aliphatic carbocycles. The van der Waals surface area contributed by atoms with E-state index in [2.05, 4.69) is 4.98 Å². The molecule has 0 radical (unpaired) electrons. The predicted molar refractivity (Wildman–Crippen MR) is 70.5 cm³/mol. The van der Waals surface area contributed by atoms with Crippen LogP contribution in [0.3, 0.4) is 0 Å². The number of nitriles is 1. The molecule has 1 aromatic heterocycles. The van der Waals surface area contributed by atoms with E-state index in [1.807, 2.05) is 6.07 Å². The molecule has 0 aliphatic rings. The van der Waals surface area contributed by atoms with Crippen molar-refractivity contribution in [3.8, 4) is 22.9 Å². The summed E-state index contributed by atoms with van der Waals surface area (Å²) in [5, 5.41) is 8.89. The van der Waals surface area contributed by atoms with Crippen LogP contribution < -0.4 is 4.74 Å². The lowest BCUT2D eigenvalue weighted by molar-refractivity contribution is -0.137. The van der Waals surface area contributed by atoms with Crippen molar-refractivity contribution in [2.24, 2.45) is 0 Å². The predicted octanol–water partition coefficient (Wildman–Crippen LogP) is 3.84. The number of hydrogen-bond donors (Lipinski definition) is 0. The maximum Gasteiger partial charge on any atom is 0.416 e. The smallest absolute Gasteiger partial charge is 0.416 e. The summed E-state index contributed by atoms with van der Waals surface area (Å²) in [5.41, 5.74) is 0.587. The van der Waals surface area contributed by atoms with Gasteiger partial charge in [-0.15, -0.1) is 0 Å². The normalized spacial score (nSPS) is 11.0. The maximum atomic E-state index is 12.8. The van der Waals surface area contributed by atoms with E-state index >= 15 is 0 Å². The van der Waals surface area contributed by atoms with Gasteiger partial charge in [0.15, 0.2) is 0 Å². The number of aromatic nitrogens is 1. The molecule has 0 atom stereocenters.